The first-order chi connectivity index (χ1) is 13.2. The highest BCUT2D eigenvalue weighted by atomic mass is 16.6. The van der Waals surface area contributed by atoms with E-state index in [-0.39, 0.29) is 17.7 Å². The fourth-order valence-corrected chi connectivity index (χ4v) is 3.72. The molecule has 0 spiro atoms. The fourth-order valence-electron chi connectivity index (χ4n) is 3.72. The van der Waals surface area contributed by atoms with E-state index in [0.29, 0.717) is 36.2 Å². The minimum atomic E-state index is 0.0323. The van der Waals surface area contributed by atoms with Crippen molar-refractivity contribution >= 4 is 5.78 Å². The maximum absolute atomic E-state index is 12.9. The van der Waals surface area contributed by atoms with Crippen LogP contribution in [-0.2, 0) is 6.42 Å². The number of aryl methyl sites for hydroxylation is 1. The number of carbonyl (C=O) groups excluding carboxylic acids is 1. The number of piperidine rings is 1. The van der Waals surface area contributed by atoms with Crippen LogP contribution < -0.4 is 9.47 Å². The summed E-state index contributed by atoms with van der Waals surface area (Å²) < 4.78 is 16.5. The Bertz CT molecular complexity index is 811. The van der Waals surface area contributed by atoms with Crippen LogP contribution in [0.2, 0.25) is 0 Å². The molecule has 2 aromatic rings. The first-order valence-electron chi connectivity index (χ1n) is 9.66. The lowest BCUT2D eigenvalue weighted by Gasteiger charge is -2.34. The molecule has 1 aromatic carbocycles. The lowest BCUT2D eigenvalue weighted by atomic mass is 9.88. The van der Waals surface area contributed by atoms with Crippen LogP contribution in [0.1, 0.15) is 54.8 Å². The second-order valence-corrected chi connectivity index (χ2v) is 7.11. The summed E-state index contributed by atoms with van der Waals surface area (Å²) in [5.74, 6) is 2.99. The molecule has 7 heteroatoms. The summed E-state index contributed by atoms with van der Waals surface area (Å²) in [4.78, 5) is 19.7. The zero-order chi connectivity index (χ0) is 18.8. The molecule has 1 saturated heterocycles. The minimum Gasteiger partial charge on any atom is -0.486 e. The van der Waals surface area contributed by atoms with Gasteiger partial charge < -0.3 is 14.0 Å². The van der Waals surface area contributed by atoms with Crippen molar-refractivity contribution in [2.45, 2.75) is 39.2 Å². The van der Waals surface area contributed by atoms with E-state index in [4.69, 9.17) is 14.0 Å². The number of rotatable bonds is 5. The van der Waals surface area contributed by atoms with Crippen molar-refractivity contribution in [2.75, 3.05) is 26.3 Å². The van der Waals surface area contributed by atoms with Crippen molar-refractivity contribution in [3.8, 4) is 11.5 Å². The maximum Gasteiger partial charge on any atom is 0.243 e. The van der Waals surface area contributed by atoms with Crippen molar-refractivity contribution in [3.63, 3.8) is 0 Å². The van der Waals surface area contributed by atoms with Gasteiger partial charge in [0.15, 0.2) is 23.1 Å². The van der Waals surface area contributed by atoms with Crippen LogP contribution in [0.25, 0.3) is 0 Å². The van der Waals surface area contributed by atoms with Gasteiger partial charge in [0.05, 0.1) is 6.04 Å². The van der Waals surface area contributed by atoms with Gasteiger partial charge in [-0.05, 0) is 51.1 Å². The number of ketones is 1. The largest absolute Gasteiger partial charge is 0.486 e. The monoisotopic (exact) mass is 371 g/mol. The molecule has 0 unspecified atom stereocenters. The number of aromatic nitrogens is 2. The highest BCUT2D eigenvalue weighted by molar-refractivity contribution is 5.98. The predicted octanol–water partition coefficient (Wildman–Crippen LogP) is 3.06. The van der Waals surface area contributed by atoms with E-state index in [1.54, 1.807) is 0 Å². The number of hydrogen-bond acceptors (Lipinski definition) is 7. The summed E-state index contributed by atoms with van der Waals surface area (Å²) in [6.45, 7) is 6.84. The zero-order valence-electron chi connectivity index (χ0n) is 15.8. The minimum absolute atomic E-state index is 0.0323. The van der Waals surface area contributed by atoms with E-state index in [1.807, 2.05) is 25.1 Å². The molecule has 27 heavy (non-hydrogen) atoms. The molecule has 7 nitrogen and oxygen atoms in total. The third-order valence-corrected chi connectivity index (χ3v) is 5.43. The molecule has 0 saturated carbocycles. The highest BCUT2D eigenvalue weighted by Gasteiger charge is 2.30. The molecular formula is C20H25N3O4. The van der Waals surface area contributed by atoms with Crippen LogP contribution in [0.4, 0.5) is 0 Å². The Balaban J connectivity index is 1.38. The van der Waals surface area contributed by atoms with Crippen molar-refractivity contribution in [2.24, 2.45) is 5.92 Å². The molecule has 4 rings (SSSR count). The summed E-state index contributed by atoms with van der Waals surface area (Å²) >= 11 is 0. The smallest absolute Gasteiger partial charge is 0.243 e. The Labute approximate surface area is 158 Å². The number of benzene rings is 1. The van der Waals surface area contributed by atoms with E-state index >= 15 is 0 Å². The second kappa shape index (κ2) is 7.68. The van der Waals surface area contributed by atoms with E-state index in [9.17, 15) is 4.79 Å². The van der Waals surface area contributed by atoms with Crippen LogP contribution in [0.5, 0.6) is 11.5 Å². The van der Waals surface area contributed by atoms with Gasteiger partial charge in [-0.15, -0.1) is 0 Å². The third-order valence-electron chi connectivity index (χ3n) is 5.43. The van der Waals surface area contributed by atoms with Crippen molar-refractivity contribution in [1.82, 2.24) is 15.0 Å². The van der Waals surface area contributed by atoms with Gasteiger partial charge in [0.25, 0.3) is 0 Å². The van der Waals surface area contributed by atoms with Crippen LogP contribution in [0.3, 0.4) is 0 Å². The van der Waals surface area contributed by atoms with Crippen LogP contribution >= 0.6 is 0 Å². The highest BCUT2D eigenvalue weighted by Crippen LogP contribution is 2.33. The molecule has 0 radical (unpaired) electrons. The lowest BCUT2D eigenvalue weighted by molar-refractivity contribution is 0.0774. The molecule has 0 aliphatic carbocycles. The van der Waals surface area contributed by atoms with Crippen molar-refractivity contribution in [1.29, 1.82) is 0 Å². The quantitative estimate of drug-likeness (QED) is 0.748. The summed E-state index contributed by atoms with van der Waals surface area (Å²) in [6.07, 6.45) is 2.42. The fraction of sp³-hybridized carbons (Fsp3) is 0.550. The molecule has 1 aromatic heterocycles. The molecule has 1 fully saturated rings. The summed E-state index contributed by atoms with van der Waals surface area (Å²) in [5, 5.41) is 3.98. The average molecular weight is 371 g/mol. The number of carbonyl (C=O) groups is 1. The van der Waals surface area contributed by atoms with E-state index in [0.717, 1.165) is 38.2 Å². The number of hydrogen-bond donors (Lipinski definition) is 0. The topological polar surface area (TPSA) is 77.7 Å². The summed E-state index contributed by atoms with van der Waals surface area (Å²) in [6, 6.07) is 5.56. The van der Waals surface area contributed by atoms with E-state index in [1.165, 1.54) is 0 Å². The summed E-state index contributed by atoms with van der Waals surface area (Å²) in [5.41, 5.74) is 0.704. The molecule has 0 N–H and O–H groups in total. The Morgan fingerprint density at radius 1 is 1.22 bits per heavy atom. The SMILES string of the molecule is CCc1noc([C@@H](C)N2CCC(C(=O)c3ccc4c(c3)OCCO4)CC2)n1. The van der Waals surface area contributed by atoms with Gasteiger partial charge in [-0.2, -0.15) is 4.98 Å². The Kier molecular flexibility index (Phi) is 5.11. The second-order valence-electron chi connectivity index (χ2n) is 7.11. The molecule has 2 aliphatic heterocycles. The first-order valence-corrected chi connectivity index (χ1v) is 9.66. The normalized spacial score (nSPS) is 19.0. The van der Waals surface area contributed by atoms with Gasteiger partial charge in [-0.1, -0.05) is 12.1 Å². The molecule has 0 amide bonds. The standard InChI is InChI=1S/C20H25N3O4/c1-3-18-21-20(27-22-18)13(2)23-8-6-14(7-9-23)19(24)15-4-5-16-17(12-15)26-11-10-25-16/h4-5,12-14H,3,6-11H2,1-2H3/t13-/m1/s1. The van der Waals surface area contributed by atoms with E-state index in [2.05, 4.69) is 22.0 Å². The zero-order valence-corrected chi connectivity index (χ0v) is 15.8. The Hall–Kier alpha value is -2.41. The molecule has 3 heterocycles. The van der Waals surface area contributed by atoms with Crippen molar-refractivity contribution in [3.05, 3.63) is 35.5 Å². The maximum atomic E-state index is 12.9. The molecule has 2 aliphatic rings. The van der Waals surface area contributed by atoms with Crippen molar-refractivity contribution < 1.29 is 18.8 Å². The number of fused-ring (bicyclic) bond motifs is 1. The average Bonchev–Trinajstić information content (AvgIpc) is 3.22. The molecular weight excluding hydrogens is 346 g/mol. The predicted molar refractivity (Wildman–Crippen MR) is 98.2 cm³/mol. The van der Waals surface area contributed by atoms with Gasteiger partial charge in [-0.3, -0.25) is 9.69 Å². The lowest BCUT2D eigenvalue weighted by Crippen LogP contribution is -2.38. The Morgan fingerprint density at radius 3 is 2.67 bits per heavy atom. The van der Waals surface area contributed by atoms with Gasteiger partial charge in [0.1, 0.15) is 13.2 Å². The van der Waals surface area contributed by atoms with Gasteiger partial charge in [0, 0.05) is 17.9 Å². The molecule has 0 bridgehead atoms. The van der Waals surface area contributed by atoms with Gasteiger partial charge in [-0.25, -0.2) is 0 Å². The number of ether oxygens (including phenoxy) is 2. The van der Waals surface area contributed by atoms with E-state index < -0.39 is 0 Å². The Morgan fingerprint density at radius 2 is 1.96 bits per heavy atom. The first kappa shape index (κ1) is 18.0. The number of likely N-dealkylation sites (tertiary alicyclic amines) is 1. The van der Waals surface area contributed by atoms with Crippen LogP contribution in [0.15, 0.2) is 22.7 Å². The third kappa shape index (κ3) is 3.69. The van der Waals surface area contributed by atoms with Crippen LogP contribution in [-0.4, -0.2) is 47.1 Å². The van der Waals surface area contributed by atoms with Crippen LogP contribution in [0, 0.1) is 5.92 Å². The summed E-state index contributed by atoms with van der Waals surface area (Å²) in [7, 11) is 0. The number of nitrogens with zero attached hydrogens (tertiary/aromatic N) is 3. The molecule has 1 atom stereocenters. The molecule has 144 valence electrons. The van der Waals surface area contributed by atoms with Gasteiger partial charge in [0.2, 0.25) is 5.89 Å². The number of Topliss-reactive ketones (excluding diaryl/α,β-unsaturated/α-hetero) is 1. The van der Waals surface area contributed by atoms with Gasteiger partial charge >= 0.3 is 0 Å².